The van der Waals surface area contributed by atoms with Crippen molar-refractivity contribution < 1.29 is 26.3 Å². The van der Waals surface area contributed by atoms with Crippen molar-refractivity contribution in [2.24, 2.45) is 0 Å². The third-order valence-electron chi connectivity index (χ3n) is 3.88. The second-order valence-corrected chi connectivity index (χ2v) is 7.42. The lowest BCUT2D eigenvalue weighted by Gasteiger charge is -2.35. The smallest absolute Gasteiger partial charge is 0.405 e. The number of nitrogens with zero attached hydrogens (tertiary/aromatic N) is 1. The van der Waals surface area contributed by atoms with Gasteiger partial charge in [-0.2, -0.15) is 17.5 Å². The number of alkyl halides is 3. The lowest BCUT2D eigenvalue weighted by Crippen LogP contribution is -2.51. The van der Waals surface area contributed by atoms with Gasteiger partial charge in [-0.25, -0.2) is 8.42 Å². The second-order valence-electron chi connectivity index (χ2n) is 5.53. The molecule has 0 radical (unpaired) electrons. The summed E-state index contributed by atoms with van der Waals surface area (Å²) in [6.45, 7) is 3.78. The molecule has 1 aromatic rings. The fourth-order valence-electron chi connectivity index (χ4n) is 2.75. The molecule has 1 unspecified atom stereocenters. The van der Waals surface area contributed by atoms with E-state index in [4.69, 9.17) is 4.74 Å². The van der Waals surface area contributed by atoms with E-state index in [9.17, 15) is 21.6 Å². The van der Waals surface area contributed by atoms with Crippen LogP contribution in [0.25, 0.3) is 0 Å². The summed E-state index contributed by atoms with van der Waals surface area (Å²) >= 11 is 0. The maximum Gasteiger partial charge on any atom is 0.405 e. The molecule has 1 saturated heterocycles. The van der Waals surface area contributed by atoms with Crippen molar-refractivity contribution in [2.45, 2.75) is 50.2 Å². The van der Waals surface area contributed by atoms with Crippen LogP contribution < -0.4 is 4.74 Å². The van der Waals surface area contributed by atoms with Crippen LogP contribution in [0.2, 0.25) is 0 Å². The average molecular weight is 351 g/mol. The van der Waals surface area contributed by atoms with Gasteiger partial charge in [0.05, 0.1) is 11.5 Å². The van der Waals surface area contributed by atoms with Gasteiger partial charge in [0.25, 0.3) is 0 Å². The van der Waals surface area contributed by atoms with Gasteiger partial charge in [-0.1, -0.05) is 6.42 Å². The number of halogens is 3. The molecule has 1 aliphatic heterocycles. The van der Waals surface area contributed by atoms with Crippen LogP contribution in [0.15, 0.2) is 23.1 Å². The van der Waals surface area contributed by atoms with Gasteiger partial charge < -0.3 is 4.74 Å². The van der Waals surface area contributed by atoms with Gasteiger partial charge in [0.2, 0.25) is 10.0 Å². The van der Waals surface area contributed by atoms with E-state index in [1.54, 1.807) is 13.8 Å². The Morgan fingerprint density at radius 2 is 2.00 bits per heavy atom. The van der Waals surface area contributed by atoms with E-state index in [-0.39, 0.29) is 17.9 Å². The Balaban J connectivity index is 2.38. The van der Waals surface area contributed by atoms with Gasteiger partial charge >= 0.3 is 6.18 Å². The van der Waals surface area contributed by atoms with Gasteiger partial charge in [0, 0.05) is 6.54 Å². The summed E-state index contributed by atoms with van der Waals surface area (Å²) in [5.41, 5.74) is 0.577. The van der Waals surface area contributed by atoms with Crippen molar-refractivity contribution >= 4 is 10.0 Å². The minimum absolute atomic E-state index is 0.112. The second kappa shape index (κ2) is 6.68. The Bertz CT molecular complexity index is 658. The van der Waals surface area contributed by atoms with Gasteiger partial charge in [0.1, 0.15) is 11.8 Å². The Labute approximate surface area is 134 Å². The predicted octanol–water partition coefficient (Wildman–Crippen LogP) is 3.50. The van der Waals surface area contributed by atoms with Crippen LogP contribution in [0.5, 0.6) is 5.75 Å². The van der Waals surface area contributed by atoms with E-state index in [1.165, 1.54) is 18.2 Å². The Kier molecular flexibility index (Phi) is 5.25. The van der Waals surface area contributed by atoms with Crippen molar-refractivity contribution in [1.29, 1.82) is 0 Å². The molecule has 2 rings (SSSR count). The monoisotopic (exact) mass is 351 g/mol. The largest absolute Gasteiger partial charge is 0.494 e. The Morgan fingerprint density at radius 1 is 1.30 bits per heavy atom. The number of hydrogen-bond acceptors (Lipinski definition) is 3. The molecule has 130 valence electrons. The van der Waals surface area contributed by atoms with Gasteiger partial charge in [0.15, 0.2) is 0 Å². The maximum atomic E-state index is 13.2. The summed E-state index contributed by atoms with van der Waals surface area (Å²) in [5.74, 6) is 0.525. The molecular formula is C15H20F3NO3S. The van der Waals surface area contributed by atoms with E-state index in [0.29, 0.717) is 35.1 Å². The molecule has 0 aromatic heterocycles. The molecule has 23 heavy (non-hydrogen) atoms. The van der Waals surface area contributed by atoms with Crippen LogP contribution in [-0.4, -0.2) is 38.1 Å². The van der Waals surface area contributed by atoms with Crippen LogP contribution in [0.3, 0.4) is 0 Å². The van der Waals surface area contributed by atoms with Crippen LogP contribution in [-0.2, 0) is 10.0 Å². The molecule has 1 fully saturated rings. The number of ether oxygens (including phenoxy) is 1. The van der Waals surface area contributed by atoms with Crippen molar-refractivity contribution in [1.82, 2.24) is 4.31 Å². The number of aryl methyl sites for hydroxylation is 1. The highest BCUT2D eigenvalue weighted by molar-refractivity contribution is 7.89. The number of sulfonamides is 1. The molecule has 1 heterocycles. The molecule has 0 aliphatic carbocycles. The molecule has 0 N–H and O–H groups in total. The number of benzene rings is 1. The highest BCUT2D eigenvalue weighted by Crippen LogP contribution is 2.36. The van der Waals surface area contributed by atoms with Gasteiger partial charge in [-0.05, 0) is 50.5 Å². The summed E-state index contributed by atoms with van der Waals surface area (Å²) in [5, 5.41) is 0. The maximum absolute atomic E-state index is 13.2. The average Bonchev–Trinajstić information content (AvgIpc) is 2.48. The molecule has 0 spiro atoms. The van der Waals surface area contributed by atoms with Crippen molar-refractivity contribution in [3.63, 3.8) is 0 Å². The zero-order valence-corrected chi connectivity index (χ0v) is 13.9. The van der Waals surface area contributed by atoms with Gasteiger partial charge in [-0.15, -0.1) is 0 Å². The molecule has 1 atom stereocenters. The number of rotatable bonds is 4. The molecule has 4 nitrogen and oxygen atoms in total. The lowest BCUT2D eigenvalue weighted by atomic mass is 10.0. The molecule has 8 heteroatoms. The fraction of sp³-hybridized carbons (Fsp3) is 0.600. The first-order chi connectivity index (χ1) is 10.7. The van der Waals surface area contributed by atoms with Crippen LogP contribution in [0, 0.1) is 6.92 Å². The SMILES string of the molecule is CCOc1ccc(S(=O)(=O)N2CCCCC2C(F)(F)F)cc1C. The Hall–Kier alpha value is -1.28. The standard InChI is InChI=1S/C15H20F3NO3S/c1-3-22-13-8-7-12(10-11(13)2)23(20,21)19-9-5-4-6-14(19)15(16,17)18/h7-8,10,14H,3-6,9H2,1-2H3. The fourth-order valence-corrected chi connectivity index (χ4v) is 4.52. The normalized spacial score (nSPS) is 20.5. The molecular weight excluding hydrogens is 331 g/mol. The van der Waals surface area contributed by atoms with Crippen molar-refractivity contribution in [2.75, 3.05) is 13.2 Å². The molecule has 0 saturated carbocycles. The van der Waals surface area contributed by atoms with Crippen molar-refractivity contribution in [3.05, 3.63) is 23.8 Å². The molecule has 0 bridgehead atoms. The van der Waals surface area contributed by atoms with E-state index < -0.39 is 22.2 Å². The van der Waals surface area contributed by atoms with E-state index in [1.807, 2.05) is 0 Å². The Morgan fingerprint density at radius 3 is 2.57 bits per heavy atom. The number of piperidine rings is 1. The van der Waals surface area contributed by atoms with E-state index in [0.717, 1.165) is 0 Å². The highest BCUT2D eigenvalue weighted by atomic mass is 32.2. The first-order valence-corrected chi connectivity index (χ1v) is 8.94. The lowest BCUT2D eigenvalue weighted by molar-refractivity contribution is -0.177. The summed E-state index contributed by atoms with van der Waals surface area (Å²) < 4.78 is 70.7. The summed E-state index contributed by atoms with van der Waals surface area (Å²) in [6, 6.07) is 2.20. The van der Waals surface area contributed by atoms with E-state index >= 15 is 0 Å². The molecule has 1 aromatic carbocycles. The van der Waals surface area contributed by atoms with Crippen LogP contribution in [0.1, 0.15) is 31.7 Å². The molecule has 0 amide bonds. The zero-order chi connectivity index (χ0) is 17.3. The summed E-state index contributed by atoms with van der Waals surface area (Å²) in [6.07, 6.45) is -3.95. The topological polar surface area (TPSA) is 46.6 Å². The van der Waals surface area contributed by atoms with Crippen molar-refractivity contribution in [3.8, 4) is 5.75 Å². The third kappa shape index (κ3) is 3.80. The highest BCUT2D eigenvalue weighted by Gasteiger charge is 2.49. The quantitative estimate of drug-likeness (QED) is 0.834. The minimum atomic E-state index is -4.56. The van der Waals surface area contributed by atoms with Crippen LogP contribution >= 0.6 is 0 Å². The first kappa shape index (κ1) is 18.1. The summed E-state index contributed by atoms with van der Waals surface area (Å²) in [4.78, 5) is -0.130. The zero-order valence-electron chi connectivity index (χ0n) is 13.1. The minimum Gasteiger partial charge on any atom is -0.494 e. The van der Waals surface area contributed by atoms with Crippen LogP contribution in [0.4, 0.5) is 13.2 Å². The first-order valence-electron chi connectivity index (χ1n) is 7.50. The van der Waals surface area contributed by atoms with Gasteiger partial charge in [-0.3, -0.25) is 0 Å². The predicted molar refractivity (Wildman–Crippen MR) is 79.9 cm³/mol. The number of hydrogen-bond donors (Lipinski definition) is 0. The third-order valence-corrected chi connectivity index (χ3v) is 5.79. The summed E-state index contributed by atoms with van der Waals surface area (Å²) in [7, 11) is -4.19. The molecule has 1 aliphatic rings. The van der Waals surface area contributed by atoms with E-state index in [2.05, 4.69) is 0 Å².